The highest BCUT2D eigenvalue weighted by Crippen LogP contribution is 2.14. The van der Waals surface area contributed by atoms with Crippen LogP contribution in [-0.2, 0) is 27.2 Å². The molecule has 4 rings (SSSR count). The standard InChI is InChI=1S/C33H37N5O5/c1-34-30(39)28(20-23-12-6-3-7-13-23)38-32(41)26(17-16-22-10-4-2-5-11-22)37-27(33(42)43)18-19-35-31(40)29-21-24-14-8-9-15-25(24)36-29/h2-15,21,26-28,36-37H,16-20H2,1H3,(H,34,39)(H,35,40)(H,38,41)(H,42,43)/t26-,27-,28-/m0/s1. The van der Waals surface area contributed by atoms with E-state index >= 15 is 0 Å². The van der Waals surface area contributed by atoms with Crippen molar-refractivity contribution in [3.8, 4) is 0 Å². The monoisotopic (exact) mass is 583 g/mol. The minimum atomic E-state index is -1.15. The third-order valence-electron chi connectivity index (χ3n) is 7.24. The first-order valence-corrected chi connectivity index (χ1v) is 14.3. The second-order valence-corrected chi connectivity index (χ2v) is 10.3. The molecule has 0 aliphatic carbocycles. The van der Waals surface area contributed by atoms with Gasteiger partial charge in [0.05, 0.1) is 6.04 Å². The SMILES string of the molecule is CNC(=O)[C@H](Cc1ccccc1)NC(=O)[C@H](CCc1ccccc1)N[C@@H](CCNC(=O)c1cc2ccccc2[nH]1)C(=O)O. The van der Waals surface area contributed by atoms with E-state index < -0.39 is 30.0 Å². The summed E-state index contributed by atoms with van der Waals surface area (Å²) >= 11 is 0. The van der Waals surface area contributed by atoms with Crippen molar-refractivity contribution in [2.75, 3.05) is 13.6 Å². The molecule has 43 heavy (non-hydrogen) atoms. The highest BCUT2D eigenvalue weighted by Gasteiger charge is 2.29. The molecule has 1 aromatic heterocycles. The molecule has 3 atom stereocenters. The van der Waals surface area contributed by atoms with Gasteiger partial charge in [0.25, 0.3) is 5.91 Å². The van der Waals surface area contributed by atoms with Crippen LogP contribution in [0.4, 0.5) is 0 Å². The van der Waals surface area contributed by atoms with E-state index in [1.807, 2.05) is 84.9 Å². The Morgan fingerprint density at radius 1 is 0.767 bits per heavy atom. The smallest absolute Gasteiger partial charge is 0.320 e. The number of carbonyl (C=O) groups excluding carboxylic acids is 3. The molecule has 0 aliphatic heterocycles. The number of carbonyl (C=O) groups is 4. The molecule has 6 N–H and O–H groups in total. The molecule has 3 amide bonds. The van der Waals surface area contributed by atoms with Crippen LogP contribution in [0.2, 0.25) is 0 Å². The molecular formula is C33H37N5O5. The Kier molecular flexibility index (Phi) is 11.0. The van der Waals surface area contributed by atoms with Crippen LogP contribution in [-0.4, -0.2) is 65.5 Å². The van der Waals surface area contributed by atoms with Gasteiger partial charge in [-0.05, 0) is 42.5 Å². The lowest BCUT2D eigenvalue weighted by atomic mass is 10.0. The molecule has 3 aromatic carbocycles. The van der Waals surface area contributed by atoms with E-state index in [2.05, 4.69) is 26.3 Å². The zero-order valence-corrected chi connectivity index (χ0v) is 24.0. The Hall–Kier alpha value is -4.96. The lowest BCUT2D eigenvalue weighted by molar-refractivity contribution is -0.140. The number of aryl methyl sites for hydroxylation is 1. The first-order chi connectivity index (χ1) is 20.8. The predicted molar refractivity (Wildman–Crippen MR) is 165 cm³/mol. The van der Waals surface area contributed by atoms with Crippen LogP contribution in [0.5, 0.6) is 0 Å². The quantitative estimate of drug-likeness (QED) is 0.127. The number of aromatic amines is 1. The van der Waals surface area contributed by atoms with Crippen molar-refractivity contribution in [3.05, 3.63) is 108 Å². The van der Waals surface area contributed by atoms with Crippen molar-refractivity contribution in [2.24, 2.45) is 0 Å². The second kappa shape index (κ2) is 15.3. The minimum absolute atomic E-state index is 0.0410. The summed E-state index contributed by atoms with van der Waals surface area (Å²) in [6.45, 7) is 0.0695. The fraction of sp³-hybridized carbons (Fsp3) is 0.273. The number of rotatable bonds is 15. The fourth-order valence-electron chi connectivity index (χ4n) is 4.89. The molecule has 0 bridgehead atoms. The Bertz CT molecular complexity index is 1490. The van der Waals surface area contributed by atoms with E-state index in [0.29, 0.717) is 18.5 Å². The van der Waals surface area contributed by atoms with Crippen molar-refractivity contribution >= 4 is 34.6 Å². The molecule has 0 spiro atoms. The van der Waals surface area contributed by atoms with E-state index in [9.17, 15) is 24.3 Å². The predicted octanol–water partition coefficient (Wildman–Crippen LogP) is 2.81. The number of hydrogen-bond donors (Lipinski definition) is 6. The zero-order valence-electron chi connectivity index (χ0n) is 24.0. The number of hydrogen-bond acceptors (Lipinski definition) is 5. The van der Waals surface area contributed by atoms with Gasteiger partial charge in [-0.15, -0.1) is 0 Å². The molecule has 10 heteroatoms. The molecule has 0 radical (unpaired) electrons. The van der Waals surface area contributed by atoms with Gasteiger partial charge in [0, 0.05) is 30.9 Å². The van der Waals surface area contributed by atoms with Crippen molar-refractivity contribution in [1.82, 2.24) is 26.3 Å². The first-order valence-electron chi connectivity index (χ1n) is 14.3. The van der Waals surface area contributed by atoms with Gasteiger partial charge < -0.3 is 26.0 Å². The van der Waals surface area contributed by atoms with Gasteiger partial charge in [0.15, 0.2) is 0 Å². The van der Waals surface area contributed by atoms with Gasteiger partial charge in [-0.25, -0.2) is 0 Å². The van der Waals surface area contributed by atoms with Gasteiger partial charge in [0.2, 0.25) is 11.8 Å². The maximum absolute atomic E-state index is 13.6. The second-order valence-electron chi connectivity index (χ2n) is 10.3. The third kappa shape index (κ3) is 9.01. The normalized spacial score (nSPS) is 13.0. The minimum Gasteiger partial charge on any atom is -0.480 e. The average Bonchev–Trinajstić information content (AvgIpc) is 3.47. The van der Waals surface area contributed by atoms with Crippen molar-refractivity contribution < 1.29 is 24.3 Å². The highest BCUT2D eigenvalue weighted by molar-refractivity contribution is 5.98. The largest absolute Gasteiger partial charge is 0.480 e. The molecule has 10 nitrogen and oxygen atoms in total. The summed E-state index contributed by atoms with van der Waals surface area (Å²) in [6, 6.07) is 25.3. The highest BCUT2D eigenvalue weighted by atomic mass is 16.4. The van der Waals surface area contributed by atoms with Gasteiger partial charge >= 0.3 is 5.97 Å². The van der Waals surface area contributed by atoms with Crippen LogP contribution >= 0.6 is 0 Å². The van der Waals surface area contributed by atoms with E-state index in [4.69, 9.17) is 0 Å². The summed E-state index contributed by atoms with van der Waals surface area (Å²) in [7, 11) is 1.50. The molecule has 0 aliphatic rings. The number of para-hydroxylation sites is 1. The maximum Gasteiger partial charge on any atom is 0.320 e. The number of fused-ring (bicyclic) bond motifs is 1. The molecule has 224 valence electrons. The van der Waals surface area contributed by atoms with E-state index in [-0.39, 0.29) is 31.2 Å². The third-order valence-corrected chi connectivity index (χ3v) is 7.24. The molecule has 0 saturated heterocycles. The summed E-state index contributed by atoms with van der Waals surface area (Å²) in [6.07, 6.45) is 1.13. The lowest BCUT2D eigenvalue weighted by Gasteiger charge is -2.25. The number of likely N-dealkylation sites (N-methyl/N-ethyl adjacent to an activating group) is 1. The van der Waals surface area contributed by atoms with Crippen molar-refractivity contribution in [1.29, 1.82) is 0 Å². The van der Waals surface area contributed by atoms with Crippen LogP contribution in [0, 0.1) is 0 Å². The molecular weight excluding hydrogens is 546 g/mol. The van der Waals surface area contributed by atoms with E-state index in [1.165, 1.54) is 7.05 Å². The van der Waals surface area contributed by atoms with Crippen molar-refractivity contribution in [2.45, 2.75) is 43.8 Å². The zero-order chi connectivity index (χ0) is 30.6. The molecule has 0 fully saturated rings. The van der Waals surface area contributed by atoms with E-state index in [0.717, 1.165) is 22.0 Å². The van der Waals surface area contributed by atoms with Crippen LogP contribution < -0.4 is 21.3 Å². The van der Waals surface area contributed by atoms with Gasteiger partial charge in [-0.1, -0.05) is 78.9 Å². The number of benzene rings is 3. The Morgan fingerprint density at radius 3 is 2.07 bits per heavy atom. The fourth-order valence-corrected chi connectivity index (χ4v) is 4.89. The molecule has 0 saturated carbocycles. The molecule has 4 aromatic rings. The number of aromatic nitrogens is 1. The number of aliphatic carboxylic acids is 1. The number of carboxylic acid groups (broad SMARTS) is 1. The summed E-state index contributed by atoms with van der Waals surface area (Å²) in [5.41, 5.74) is 3.07. The number of carboxylic acids is 1. The Labute approximate surface area is 250 Å². The van der Waals surface area contributed by atoms with Gasteiger partial charge in [-0.2, -0.15) is 0 Å². The lowest BCUT2D eigenvalue weighted by Crippen LogP contribution is -2.56. The summed E-state index contributed by atoms with van der Waals surface area (Å²) < 4.78 is 0. The van der Waals surface area contributed by atoms with Crippen molar-refractivity contribution in [3.63, 3.8) is 0 Å². The average molecular weight is 584 g/mol. The van der Waals surface area contributed by atoms with Crippen LogP contribution in [0.3, 0.4) is 0 Å². The van der Waals surface area contributed by atoms with Crippen LogP contribution in [0.1, 0.15) is 34.5 Å². The number of amides is 3. The summed E-state index contributed by atoms with van der Waals surface area (Å²) in [5.74, 6) is -2.33. The van der Waals surface area contributed by atoms with Crippen LogP contribution in [0.15, 0.2) is 91.0 Å². The van der Waals surface area contributed by atoms with Crippen LogP contribution in [0.25, 0.3) is 10.9 Å². The van der Waals surface area contributed by atoms with E-state index in [1.54, 1.807) is 6.07 Å². The molecule has 0 unspecified atom stereocenters. The molecule has 1 heterocycles. The first kappa shape index (κ1) is 31.0. The number of nitrogens with one attached hydrogen (secondary N) is 5. The summed E-state index contributed by atoms with van der Waals surface area (Å²) in [4.78, 5) is 54.3. The number of H-pyrrole nitrogens is 1. The Balaban J connectivity index is 1.43. The van der Waals surface area contributed by atoms with Gasteiger partial charge in [0.1, 0.15) is 17.8 Å². The summed E-state index contributed by atoms with van der Waals surface area (Å²) in [5, 5.41) is 22.1. The van der Waals surface area contributed by atoms with Gasteiger partial charge in [-0.3, -0.25) is 24.5 Å². The topological polar surface area (TPSA) is 152 Å². The Morgan fingerprint density at radius 2 is 1.42 bits per heavy atom. The maximum atomic E-state index is 13.6.